The van der Waals surface area contributed by atoms with Crippen molar-refractivity contribution in [2.24, 2.45) is 0 Å². The Kier molecular flexibility index (Phi) is 7.38. The number of carbonyl (C=O) groups excluding carboxylic acids is 3. The number of methoxy groups -OCH3 is 1. The van der Waals surface area contributed by atoms with E-state index in [9.17, 15) is 14.4 Å². The highest BCUT2D eigenvalue weighted by molar-refractivity contribution is 6.05. The number of carbonyl (C=O) groups is 3. The Hall–Kier alpha value is -3.55. The van der Waals surface area contributed by atoms with Crippen LogP contribution in [0.5, 0.6) is 5.75 Å². The van der Waals surface area contributed by atoms with Crippen molar-refractivity contribution < 1.29 is 19.1 Å². The van der Waals surface area contributed by atoms with Gasteiger partial charge in [-0.15, -0.1) is 0 Å². The van der Waals surface area contributed by atoms with E-state index in [0.717, 1.165) is 0 Å². The minimum absolute atomic E-state index is 0.280. The average molecular weight is 384 g/mol. The molecule has 0 saturated carbocycles. The van der Waals surface area contributed by atoms with Crippen LogP contribution in [-0.4, -0.2) is 37.5 Å². The standard InChI is InChI=1S/C20H24N4O4/c1-4-21-20(27)24-18(25)13(2)22-15-11-9-14(10-12-15)19(26)23-16-7-5-6-8-17(16)28-3/h5-13,22H,4H2,1-3H3,(H,23,26)(H2,21,24,25,27)/t13-/m1/s1. The molecule has 0 aliphatic carbocycles. The van der Waals surface area contributed by atoms with Gasteiger partial charge in [-0.05, 0) is 50.2 Å². The number of imide groups is 1. The number of ether oxygens (including phenoxy) is 1. The second kappa shape index (κ2) is 9.96. The monoisotopic (exact) mass is 384 g/mol. The van der Waals surface area contributed by atoms with Crippen LogP contribution >= 0.6 is 0 Å². The van der Waals surface area contributed by atoms with Gasteiger partial charge in [0.05, 0.1) is 12.8 Å². The van der Waals surface area contributed by atoms with Gasteiger partial charge >= 0.3 is 6.03 Å². The quantitative estimate of drug-likeness (QED) is 0.587. The van der Waals surface area contributed by atoms with Crippen molar-refractivity contribution in [3.05, 3.63) is 54.1 Å². The van der Waals surface area contributed by atoms with Crippen molar-refractivity contribution in [1.29, 1.82) is 0 Å². The van der Waals surface area contributed by atoms with Gasteiger partial charge in [-0.1, -0.05) is 12.1 Å². The van der Waals surface area contributed by atoms with Crippen LogP contribution in [0.25, 0.3) is 0 Å². The largest absolute Gasteiger partial charge is 0.495 e. The third kappa shape index (κ3) is 5.73. The molecule has 0 bridgehead atoms. The van der Waals surface area contributed by atoms with Crippen LogP contribution < -0.4 is 26.0 Å². The fraction of sp³-hybridized carbons (Fsp3) is 0.250. The van der Waals surface area contributed by atoms with Gasteiger partial charge in [0.15, 0.2) is 0 Å². The molecule has 0 aromatic heterocycles. The highest BCUT2D eigenvalue weighted by atomic mass is 16.5. The molecule has 2 aromatic rings. The molecule has 148 valence electrons. The zero-order chi connectivity index (χ0) is 20.5. The van der Waals surface area contributed by atoms with Crippen molar-refractivity contribution in [3.8, 4) is 5.75 Å². The van der Waals surface area contributed by atoms with Crippen LogP contribution in [0.15, 0.2) is 48.5 Å². The fourth-order valence-electron chi connectivity index (χ4n) is 2.40. The lowest BCUT2D eigenvalue weighted by Gasteiger charge is -2.15. The molecular weight excluding hydrogens is 360 g/mol. The Morgan fingerprint density at radius 1 is 1.04 bits per heavy atom. The molecule has 1 atom stereocenters. The zero-order valence-corrected chi connectivity index (χ0v) is 16.0. The molecule has 0 heterocycles. The lowest BCUT2D eigenvalue weighted by molar-refractivity contribution is -0.120. The SMILES string of the molecule is CCNC(=O)NC(=O)[C@@H](C)Nc1ccc(C(=O)Nc2ccccc2OC)cc1. The summed E-state index contributed by atoms with van der Waals surface area (Å²) in [5.41, 5.74) is 1.68. The van der Waals surface area contributed by atoms with E-state index in [1.807, 2.05) is 6.07 Å². The lowest BCUT2D eigenvalue weighted by atomic mass is 10.1. The first-order valence-corrected chi connectivity index (χ1v) is 8.84. The molecule has 0 fully saturated rings. The van der Waals surface area contributed by atoms with Crippen LogP contribution in [0.1, 0.15) is 24.2 Å². The molecule has 8 heteroatoms. The highest BCUT2D eigenvalue weighted by Gasteiger charge is 2.15. The molecule has 2 rings (SSSR count). The zero-order valence-electron chi connectivity index (χ0n) is 16.0. The Morgan fingerprint density at radius 3 is 2.36 bits per heavy atom. The van der Waals surface area contributed by atoms with E-state index in [0.29, 0.717) is 29.2 Å². The van der Waals surface area contributed by atoms with Gasteiger partial charge in [0, 0.05) is 17.8 Å². The summed E-state index contributed by atoms with van der Waals surface area (Å²) in [5.74, 6) is -0.164. The van der Waals surface area contributed by atoms with Crippen LogP contribution in [0, 0.1) is 0 Å². The molecular formula is C20H24N4O4. The molecule has 4 amide bonds. The first-order valence-electron chi connectivity index (χ1n) is 8.84. The maximum atomic E-state index is 12.4. The average Bonchev–Trinajstić information content (AvgIpc) is 2.69. The maximum Gasteiger partial charge on any atom is 0.321 e. The summed E-state index contributed by atoms with van der Waals surface area (Å²) in [6.07, 6.45) is 0. The van der Waals surface area contributed by atoms with E-state index in [1.165, 1.54) is 7.11 Å². The smallest absolute Gasteiger partial charge is 0.321 e. The number of amides is 4. The van der Waals surface area contributed by atoms with Gasteiger partial charge < -0.3 is 20.7 Å². The molecule has 8 nitrogen and oxygen atoms in total. The second-order valence-electron chi connectivity index (χ2n) is 5.95. The van der Waals surface area contributed by atoms with Gasteiger partial charge in [0.25, 0.3) is 5.91 Å². The molecule has 0 aliphatic rings. The van der Waals surface area contributed by atoms with Gasteiger partial charge in [0.1, 0.15) is 11.8 Å². The van der Waals surface area contributed by atoms with Crippen molar-refractivity contribution in [1.82, 2.24) is 10.6 Å². The molecule has 28 heavy (non-hydrogen) atoms. The predicted octanol–water partition coefficient (Wildman–Crippen LogP) is 2.59. The number of benzene rings is 2. The first-order chi connectivity index (χ1) is 13.4. The van der Waals surface area contributed by atoms with Crippen LogP contribution in [-0.2, 0) is 4.79 Å². The number of rotatable bonds is 7. The molecule has 2 aromatic carbocycles. The Morgan fingerprint density at radius 2 is 1.71 bits per heavy atom. The van der Waals surface area contributed by atoms with Crippen molar-refractivity contribution in [3.63, 3.8) is 0 Å². The van der Waals surface area contributed by atoms with Gasteiger partial charge in [0.2, 0.25) is 5.91 Å². The second-order valence-corrected chi connectivity index (χ2v) is 5.95. The van der Waals surface area contributed by atoms with E-state index < -0.39 is 18.0 Å². The van der Waals surface area contributed by atoms with Crippen molar-refractivity contribution in [2.75, 3.05) is 24.3 Å². The third-order valence-corrected chi connectivity index (χ3v) is 3.85. The summed E-state index contributed by atoms with van der Waals surface area (Å²) in [4.78, 5) is 35.8. The molecule has 0 aliphatic heterocycles. The van der Waals surface area contributed by atoms with Crippen molar-refractivity contribution in [2.45, 2.75) is 19.9 Å². The minimum atomic E-state index is -0.629. The van der Waals surface area contributed by atoms with E-state index >= 15 is 0 Å². The number of nitrogens with one attached hydrogen (secondary N) is 4. The van der Waals surface area contributed by atoms with E-state index in [4.69, 9.17) is 4.74 Å². The third-order valence-electron chi connectivity index (χ3n) is 3.85. The normalized spacial score (nSPS) is 11.1. The lowest BCUT2D eigenvalue weighted by Crippen LogP contribution is -2.45. The fourth-order valence-corrected chi connectivity index (χ4v) is 2.40. The Bertz CT molecular complexity index is 836. The van der Waals surface area contributed by atoms with E-state index in [-0.39, 0.29) is 5.91 Å². The first kappa shape index (κ1) is 20.8. The van der Waals surface area contributed by atoms with Crippen LogP contribution in [0.2, 0.25) is 0 Å². The number of hydrogen-bond acceptors (Lipinski definition) is 5. The Balaban J connectivity index is 1.96. The minimum Gasteiger partial charge on any atom is -0.495 e. The molecule has 0 saturated heterocycles. The number of para-hydroxylation sites is 2. The van der Waals surface area contributed by atoms with Crippen LogP contribution in [0.3, 0.4) is 0 Å². The topological polar surface area (TPSA) is 109 Å². The Labute approximate surface area is 163 Å². The van der Waals surface area contributed by atoms with E-state index in [2.05, 4.69) is 21.3 Å². The number of anilines is 2. The summed E-state index contributed by atoms with van der Waals surface area (Å²) < 4.78 is 5.22. The summed E-state index contributed by atoms with van der Waals surface area (Å²) in [6, 6.07) is 12.6. The van der Waals surface area contributed by atoms with Gasteiger partial charge in [-0.25, -0.2) is 4.79 Å². The summed E-state index contributed by atoms with van der Waals surface area (Å²) in [7, 11) is 1.54. The summed E-state index contributed by atoms with van der Waals surface area (Å²) in [5, 5.41) is 10.5. The predicted molar refractivity (Wildman–Crippen MR) is 108 cm³/mol. The van der Waals surface area contributed by atoms with Crippen LogP contribution in [0.4, 0.5) is 16.2 Å². The summed E-state index contributed by atoms with van der Waals surface area (Å²) in [6.45, 7) is 3.83. The van der Waals surface area contributed by atoms with E-state index in [1.54, 1.807) is 56.3 Å². The molecule has 0 radical (unpaired) electrons. The van der Waals surface area contributed by atoms with Gasteiger partial charge in [-0.3, -0.25) is 14.9 Å². The summed E-state index contributed by atoms with van der Waals surface area (Å²) >= 11 is 0. The molecule has 4 N–H and O–H groups in total. The maximum absolute atomic E-state index is 12.4. The molecule has 0 unspecified atom stereocenters. The van der Waals surface area contributed by atoms with Gasteiger partial charge in [-0.2, -0.15) is 0 Å². The molecule has 0 spiro atoms. The highest BCUT2D eigenvalue weighted by Crippen LogP contribution is 2.23. The van der Waals surface area contributed by atoms with Crippen molar-refractivity contribution >= 4 is 29.2 Å². The number of urea groups is 1. The number of hydrogen-bond donors (Lipinski definition) is 4.